The number of nitrogens with two attached hydrogens (primary N) is 1. The van der Waals surface area contributed by atoms with E-state index in [-0.39, 0.29) is 19.0 Å². The molecule has 1 aliphatic heterocycles. The van der Waals surface area contributed by atoms with E-state index in [1.165, 1.54) is 4.90 Å². The summed E-state index contributed by atoms with van der Waals surface area (Å²) in [4.78, 5) is 35.7. The highest BCUT2D eigenvalue weighted by Gasteiger charge is 2.29. The summed E-state index contributed by atoms with van der Waals surface area (Å²) in [5.41, 5.74) is 6.78. The lowest BCUT2D eigenvalue weighted by atomic mass is 10.1. The van der Waals surface area contributed by atoms with Gasteiger partial charge in [0.15, 0.2) is 0 Å². The predicted octanol–water partition coefficient (Wildman–Crippen LogP) is -0.959. The molecule has 1 aliphatic rings. The number of imide groups is 1. The van der Waals surface area contributed by atoms with Crippen molar-refractivity contribution >= 4 is 17.7 Å². The highest BCUT2D eigenvalue weighted by Crippen LogP contribution is 2.05. The zero-order valence-electron chi connectivity index (χ0n) is 10.3. The molecule has 0 bridgehead atoms. The first kappa shape index (κ1) is 13.2. The van der Waals surface area contributed by atoms with Crippen LogP contribution in [0.4, 0.5) is 0 Å². The van der Waals surface area contributed by atoms with Crippen molar-refractivity contribution in [1.82, 2.24) is 10.2 Å². The molecule has 1 heterocycles. The Hall–Kier alpha value is -2.21. The monoisotopic (exact) mass is 261 g/mol. The van der Waals surface area contributed by atoms with E-state index in [9.17, 15) is 14.4 Å². The van der Waals surface area contributed by atoms with Gasteiger partial charge in [-0.3, -0.25) is 19.7 Å². The van der Waals surface area contributed by atoms with Crippen molar-refractivity contribution in [1.29, 1.82) is 0 Å². The Kier molecular flexibility index (Phi) is 3.91. The van der Waals surface area contributed by atoms with E-state index in [4.69, 9.17) is 5.73 Å². The molecule has 1 atom stereocenters. The topological polar surface area (TPSA) is 92.5 Å². The highest BCUT2D eigenvalue weighted by molar-refractivity contribution is 6.03. The van der Waals surface area contributed by atoms with Gasteiger partial charge in [0.1, 0.15) is 13.1 Å². The van der Waals surface area contributed by atoms with Crippen molar-refractivity contribution in [3.8, 4) is 0 Å². The van der Waals surface area contributed by atoms with E-state index >= 15 is 0 Å². The first-order valence-corrected chi connectivity index (χ1v) is 5.97. The van der Waals surface area contributed by atoms with Crippen molar-refractivity contribution < 1.29 is 14.4 Å². The Bertz CT molecular complexity index is 485. The minimum atomic E-state index is -0.749. The van der Waals surface area contributed by atoms with Crippen LogP contribution in [-0.4, -0.2) is 41.8 Å². The third-order valence-corrected chi connectivity index (χ3v) is 2.88. The Labute approximate surface area is 110 Å². The summed E-state index contributed by atoms with van der Waals surface area (Å²) < 4.78 is 0. The van der Waals surface area contributed by atoms with Crippen molar-refractivity contribution in [3.05, 3.63) is 35.9 Å². The maximum atomic E-state index is 12.1. The van der Waals surface area contributed by atoms with Gasteiger partial charge in [-0.05, 0) is 12.0 Å². The summed E-state index contributed by atoms with van der Waals surface area (Å²) in [5.74, 6) is -1.33. The van der Waals surface area contributed by atoms with E-state index in [1.807, 2.05) is 30.3 Å². The zero-order chi connectivity index (χ0) is 13.8. The van der Waals surface area contributed by atoms with Gasteiger partial charge in [-0.15, -0.1) is 0 Å². The van der Waals surface area contributed by atoms with Gasteiger partial charge in [-0.25, -0.2) is 0 Å². The van der Waals surface area contributed by atoms with Crippen LogP contribution in [0.5, 0.6) is 0 Å². The molecule has 1 aromatic rings. The first-order valence-electron chi connectivity index (χ1n) is 5.97. The average Bonchev–Trinajstić information content (AvgIpc) is 2.37. The minimum absolute atomic E-state index is 0.118. The Morgan fingerprint density at radius 1 is 1.21 bits per heavy atom. The van der Waals surface area contributed by atoms with Crippen LogP contribution in [0.3, 0.4) is 0 Å². The molecular formula is C13H15N3O3. The van der Waals surface area contributed by atoms with Crippen molar-refractivity contribution in [2.75, 3.05) is 13.1 Å². The number of carbonyl (C=O) groups excluding carboxylic acids is 3. The smallest absolute Gasteiger partial charge is 0.246 e. The lowest BCUT2D eigenvalue weighted by Crippen LogP contribution is -2.57. The van der Waals surface area contributed by atoms with E-state index in [0.717, 1.165) is 5.56 Å². The second-order valence-electron chi connectivity index (χ2n) is 4.46. The fourth-order valence-electron chi connectivity index (χ4n) is 1.98. The zero-order valence-corrected chi connectivity index (χ0v) is 10.3. The fraction of sp³-hybridized carbons (Fsp3) is 0.308. The van der Waals surface area contributed by atoms with Gasteiger partial charge in [0.2, 0.25) is 17.7 Å². The number of hydrogen-bond acceptors (Lipinski definition) is 4. The van der Waals surface area contributed by atoms with Crippen LogP contribution in [0.25, 0.3) is 0 Å². The van der Waals surface area contributed by atoms with Gasteiger partial charge in [-0.2, -0.15) is 0 Å². The SMILES string of the molecule is N[C@@H](Cc1ccccc1)C(=O)N1CC(=O)NC(=O)C1. The molecule has 3 amide bonds. The van der Waals surface area contributed by atoms with Crippen molar-refractivity contribution in [2.45, 2.75) is 12.5 Å². The molecule has 1 saturated heterocycles. The van der Waals surface area contributed by atoms with Gasteiger partial charge in [0.25, 0.3) is 0 Å². The summed E-state index contributed by atoms with van der Waals surface area (Å²) in [6, 6.07) is 8.61. The molecule has 100 valence electrons. The molecule has 0 radical (unpaired) electrons. The Morgan fingerprint density at radius 2 is 1.79 bits per heavy atom. The van der Waals surface area contributed by atoms with E-state index in [2.05, 4.69) is 5.32 Å². The summed E-state index contributed by atoms with van der Waals surface area (Å²) >= 11 is 0. The summed E-state index contributed by atoms with van der Waals surface area (Å²) in [6.07, 6.45) is 0.381. The van der Waals surface area contributed by atoms with Gasteiger partial charge in [0.05, 0.1) is 6.04 Å². The molecule has 0 unspecified atom stereocenters. The number of piperazine rings is 1. The number of carbonyl (C=O) groups is 3. The number of benzene rings is 1. The molecule has 1 aromatic carbocycles. The average molecular weight is 261 g/mol. The number of nitrogens with one attached hydrogen (secondary N) is 1. The largest absolute Gasteiger partial charge is 0.323 e. The van der Waals surface area contributed by atoms with E-state index in [1.54, 1.807) is 0 Å². The molecule has 3 N–H and O–H groups in total. The second-order valence-corrected chi connectivity index (χ2v) is 4.46. The predicted molar refractivity (Wildman–Crippen MR) is 67.9 cm³/mol. The Morgan fingerprint density at radius 3 is 2.37 bits per heavy atom. The standard InChI is InChI=1S/C13H15N3O3/c14-10(6-9-4-2-1-3-5-9)13(19)16-7-11(17)15-12(18)8-16/h1-5,10H,6-8,14H2,(H,15,17,18)/t10-/m0/s1. The van der Waals surface area contributed by atoms with Gasteiger partial charge in [-0.1, -0.05) is 30.3 Å². The second kappa shape index (κ2) is 5.62. The molecule has 0 spiro atoms. The molecular weight excluding hydrogens is 246 g/mol. The van der Waals surface area contributed by atoms with Crippen LogP contribution in [0, 0.1) is 0 Å². The van der Waals surface area contributed by atoms with Crippen LogP contribution in [-0.2, 0) is 20.8 Å². The van der Waals surface area contributed by atoms with Crippen LogP contribution in [0.1, 0.15) is 5.56 Å². The molecule has 1 fully saturated rings. The highest BCUT2D eigenvalue weighted by atomic mass is 16.2. The number of nitrogens with zero attached hydrogens (tertiary/aromatic N) is 1. The summed E-state index contributed by atoms with van der Waals surface area (Å²) in [5, 5.41) is 2.14. The third kappa shape index (κ3) is 3.38. The molecule has 19 heavy (non-hydrogen) atoms. The van der Waals surface area contributed by atoms with Crippen LogP contribution >= 0.6 is 0 Å². The van der Waals surface area contributed by atoms with Gasteiger partial charge < -0.3 is 10.6 Å². The van der Waals surface area contributed by atoms with Crippen LogP contribution < -0.4 is 11.1 Å². The normalized spacial score (nSPS) is 17.0. The van der Waals surface area contributed by atoms with E-state index < -0.39 is 17.9 Å². The van der Waals surface area contributed by atoms with Crippen LogP contribution in [0.2, 0.25) is 0 Å². The first-order chi connectivity index (χ1) is 9.06. The minimum Gasteiger partial charge on any atom is -0.323 e. The van der Waals surface area contributed by atoms with Crippen LogP contribution in [0.15, 0.2) is 30.3 Å². The molecule has 6 nitrogen and oxygen atoms in total. The molecule has 0 aliphatic carbocycles. The van der Waals surface area contributed by atoms with E-state index in [0.29, 0.717) is 6.42 Å². The summed E-state index contributed by atoms with van der Waals surface area (Å²) in [7, 11) is 0. The third-order valence-electron chi connectivity index (χ3n) is 2.88. The number of amides is 3. The lowest BCUT2D eigenvalue weighted by molar-refractivity contribution is -0.146. The van der Waals surface area contributed by atoms with Gasteiger partial charge in [0, 0.05) is 0 Å². The lowest BCUT2D eigenvalue weighted by Gasteiger charge is -2.27. The quantitative estimate of drug-likeness (QED) is 0.685. The molecule has 0 saturated carbocycles. The maximum absolute atomic E-state index is 12.1. The summed E-state index contributed by atoms with van der Waals surface area (Å²) in [6.45, 7) is -0.236. The molecule has 2 rings (SSSR count). The van der Waals surface area contributed by atoms with Crippen molar-refractivity contribution in [2.24, 2.45) is 5.73 Å². The van der Waals surface area contributed by atoms with Crippen molar-refractivity contribution in [3.63, 3.8) is 0 Å². The number of hydrogen-bond donors (Lipinski definition) is 2. The Balaban J connectivity index is 1.99. The van der Waals surface area contributed by atoms with Gasteiger partial charge >= 0.3 is 0 Å². The fourth-order valence-corrected chi connectivity index (χ4v) is 1.98. The number of rotatable bonds is 3. The molecule has 6 heteroatoms. The molecule has 0 aromatic heterocycles. The maximum Gasteiger partial charge on any atom is 0.246 e.